The van der Waals surface area contributed by atoms with E-state index < -0.39 is 0 Å². The maximum absolute atomic E-state index is 12.2. The molecule has 2 heterocycles. The second kappa shape index (κ2) is 20.8. The maximum atomic E-state index is 12.2. The third kappa shape index (κ3) is 13.8. The van der Waals surface area contributed by atoms with Crippen molar-refractivity contribution in [3.8, 4) is 11.5 Å². The smallest absolute Gasteiger partial charge is 0.310 e. The SMILES string of the molecule is COc1ccc(CC(=O)OCCC2CCN(CCSSCCN3CCC(CCOC(=O)Cc4ccc(OC)cc4)CC3)CC2)cc1. The second-order valence-electron chi connectivity index (χ2n) is 12.3. The molecule has 0 spiro atoms. The summed E-state index contributed by atoms with van der Waals surface area (Å²) in [6.45, 7) is 7.92. The van der Waals surface area contributed by atoms with Crippen LogP contribution < -0.4 is 9.47 Å². The van der Waals surface area contributed by atoms with Crippen LogP contribution in [0.5, 0.6) is 11.5 Å². The summed E-state index contributed by atoms with van der Waals surface area (Å²) >= 11 is 0. The number of nitrogens with zero attached hydrogens (tertiary/aromatic N) is 2. The van der Waals surface area contributed by atoms with Gasteiger partial charge in [0.05, 0.1) is 40.3 Å². The Hall–Kier alpha value is -2.40. The van der Waals surface area contributed by atoms with Crippen molar-refractivity contribution >= 4 is 33.5 Å². The number of hydrogen-bond acceptors (Lipinski definition) is 10. The van der Waals surface area contributed by atoms with Crippen molar-refractivity contribution in [3.05, 3.63) is 59.7 Å². The molecule has 0 bridgehead atoms. The van der Waals surface area contributed by atoms with E-state index in [9.17, 15) is 9.59 Å². The van der Waals surface area contributed by atoms with Crippen LogP contribution in [0, 0.1) is 11.8 Å². The van der Waals surface area contributed by atoms with Crippen LogP contribution in [0.25, 0.3) is 0 Å². The first kappa shape index (κ1) is 36.4. The summed E-state index contributed by atoms with van der Waals surface area (Å²) in [6, 6.07) is 15.1. The summed E-state index contributed by atoms with van der Waals surface area (Å²) in [5.41, 5.74) is 1.90. The highest BCUT2D eigenvalue weighted by molar-refractivity contribution is 8.76. The molecule has 0 N–H and O–H groups in total. The van der Waals surface area contributed by atoms with Gasteiger partial charge in [-0.15, -0.1) is 0 Å². The Morgan fingerprint density at radius 3 is 1.35 bits per heavy atom. The zero-order chi connectivity index (χ0) is 32.4. The van der Waals surface area contributed by atoms with Crippen LogP contribution in [0.15, 0.2) is 48.5 Å². The second-order valence-corrected chi connectivity index (χ2v) is 15.0. The van der Waals surface area contributed by atoms with Gasteiger partial charge in [0.1, 0.15) is 11.5 Å². The van der Waals surface area contributed by atoms with Gasteiger partial charge in [-0.05, 0) is 112 Å². The average molecular weight is 673 g/mol. The van der Waals surface area contributed by atoms with E-state index in [0.29, 0.717) is 37.9 Å². The van der Waals surface area contributed by atoms with Gasteiger partial charge in [0.15, 0.2) is 0 Å². The fraction of sp³-hybridized carbons (Fsp3) is 0.611. The summed E-state index contributed by atoms with van der Waals surface area (Å²) in [5.74, 6) is 4.90. The molecule has 2 saturated heterocycles. The van der Waals surface area contributed by atoms with Gasteiger partial charge >= 0.3 is 11.9 Å². The van der Waals surface area contributed by atoms with Gasteiger partial charge in [-0.3, -0.25) is 9.59 Å². The van der Waals surface area contributed by atoms with Crippen molar-refractivity contribution in [3.63, 3.8) is 0 Å². The van der Waals surface area contributed by atoms with Gasteiger partial charge in [-0.25, -0.2) is 0 Å². The molecule has 4 rings (SSSR count). The number of carbonyl (C=O) groups is 2. The number of methoxy groups -OCH3 is 2. The van der Waals surface area contributed by atoms with Crippen molar-refractivity contribution in [1.82, 2.24) is 9.80 Å². The number of hydrogen-bond donors (Lipinski definition) is 0. The number of carbonyl (C=O) groups excluding carboxylic acids is 2. The van der Waals surface area contributed by atoms with Crippen molar-refractivity contribution in [2.24, 2.45) is 11.8 Å². The van der Waals surface area contributed by atoms with Crippen LogP contribution in [0.3, 0.4) is 0 Å². The molecular weight excluding hydrogens is 621 g/mol. The highest BCUT2D eigenvalue weighted by atomic mass is 33.1. The molecule has 2 aromatic rings. The third-order valence-corrected chi connectivity index (χ3v) is 11.4. The first-order valence-electron chi connectivity index (χ1n) is 16.8. The molecule has 0 radical (unpaired) electrons. The fourth-order valence-corrected chi connectivity index (χ4v) is 8.10. The molecule has 46 heavy (non-hydrogen) atoms. The van der Waals surface area contributed by atoms with E-state index in [4.69, 9.17) is 18.9 Å². The minimum Gasteiger partial charge on any atom is -0.497 e. The van der Waals surface area contributed by atoms with E-state index in [1.54, 1.807) is 14.2 Å². The van der Waals surface area contributed by atoms with Crippen LogP contribution >= 0.6 is 21.6 Å². The summed E-state index contributed by atoms with van der Waals surface area (Å²) in [6.07, 6.45) is 7.30. The van der Waals surface area contributed by atoms with E-state index in [0.717, 1.165) is 86.2 Å². The molecular formula is C36H52N2O6S2. The predicted molar refractivity (Wildman–Crippen MR) is 188 cm³/mol. The number of piperidine rings is 2. The fourth-order valence-electron chi connectivity index (χ4n) is 6.05. The molecule has 254 valence electrons. The Bertz CT molecular complexity index is 1060. The summed E-state index contributed by atoms with van der Waals surface area (Å²) in [4.78, 5) is 29.5. The molecule has 2 aliphatic rings. The van der Waals surface area contributed by atoms with Gasteiger partial charge in [0.2, 0.25) is 0 Å². The molecule has 0 saturated carbocycles. The number of benzene rings is 2. The standard InChI is InChI=1S/C36H52N2O6S2/c1-41-33-7-3-31(4-8-33)27-35(39)43-23-15-29-11-17-37(18-12-29)21-25-45-46-26-22-38-19-13-30(14-20-38)16-24-44-36(40)28-32-5-9-34(42-2)10-6-32/h3-10,29-30H,11-28H2,1-2H3. The lowest BCUT2D eigenvalue weighted by Gasteiger charge is -2.32. The summed E-state index contributed by atoms with van der Waals surface area (Å²) in [7, 11) is 7.28. The lowest BCUT2D eigenvalue weighted by molar-refractivity contribution is -0.144. The molecule has 8 nitrogen and oxygen atoms in total. The number of likely N-dealkylation sites (tertiary alicyclic amines) is 2. The number of ether oxygens (including phenoxy) is 4. The quantitative estimate of drug-likeness (QED) is 0.0984. The van der Waals surface area contributed by atoms with Crippen LogP contribution in [0.4, 0.5) is 0 Å². The van der Waals surface area contributed by atoms with Crippen molar-refractivity contribution < 1.29 is 28.5 Å². The minimum atomic E-state index is -0.154. The predicted octanol–water partition coefficient (Wildman–Crippen LogP) is 6.16. The van der Waals surface area contributed by atoms with Crippen LogP contribution in [0.2, 0.25) is 0 Å². The van der Waals surface area contributed by atoms with E-state index in [2.05, 4.69) is 9.80 Å². The van der Waals surface area contributed by atoms with Gasteiger partial charge in [-0.2, -0.15) is 0 Å². The van der Waals surface area contributed by atoms with E-state index >= 15 is 0 Å². The van der Waals surface area contributed by atoms with E-state index in [1.807, 2.05) is 70.1 Å². The largest absolute Gasteiger partial charge is 0.497 e. The molecule has 2 aliphatic heterocycles. The monoisotopic (exact) mass is 672 g/mol. The molecule has 0 aromatic heterocycles. The topological polar surface area (TPSA) is 77.5 Å². The molecule has 10 heteroatoms. The first-order chi connectivity index (χ1) is 22.5. The molecule has 0 amide bonds. The van der Waals surface area contributed by atoms with Gasteiger partial charge in [0, 0.05) is 24.6 Å². The number of esters is 2. The highest BCUT2D eigenvalue weighted by Gasteiger charge is 2.21. The Labute approximate surface area is 283 Å². The van der Waals surface area contributed by atoms with Crippen molar-refractivity contribution in [2.75, 3.05) is 78.2 Å². The minimum absolute atomic E-state index is 0.154. The van der Waals surface area contributed by atoms with Crippen LogP contribution in [-0.4, -0.2) is 99.9 Å². The zero-order valence-corrected chi connectivity index (χ0v) is 29.3. The number of rotatable bonds is 19. The van der Waals surface area contributed by atoms with Gasteiger partial charge in [0.25, 0.3) is 0 Å². The maximum Gasteiger partial charge on any atom is 0.310 e. The highest BCUT2D eigenvalue weighted by Crippen LogP contribution is 2.26. The zero-order valence-electron chi connectivity index (χ0n) is 27.7. The average Bonchev–Trinajstić information content (AvgIpc) is 3.08. The van der Waals surface area contributed by atoms with Crippen molar-refractivity contribution in [1.29, 1.82) is 0 Å². The molecule has 2 aromatic carbocycles. The van der Waals surface area contributed by atoms with Crippen LogP contribution in [-0.2, 0) is 31.9 Å². The van der Waals surface area contributed by atoms with E-state index in [-0.39, 0.29) is 11.9 Å². The lowest BCUT2D eigenvalue weighted by atomic mass is 9.94. The lowest BCUT2D eigenvalue weighted by Crippen LogP contribution is -2.36. The van der Waals surface area contributed by atoms with E-state index in [1.165, 1.54) is 25.7 Å². The summed E-state index contributed by atoms with van der Waals surface area (Å²) < 4.78 is 21.4. The molecule has 0 unspecified atom stereocenters. The van der Waals surface area contributed by atoms with Gasteiger partial charge < -0.3 is 28.7 Å². The normalized spacial score (nSPS) is 16.7. The summed E-state index contributed by atoms with van der Waals surface area (Å²) in [5, 5.41) is 0. The molecule has 0 aliphatic carbocycles. The first-order valence-corrected chi connectivity index (χ1v) is 19.3. The van der Waals surface area contributed by atoms with Crippen molar-refractivity contribution in [2.45, 2.75) is 51.4 Å². The molecule has 0 atom stereocenters. The van der Waals surface area contributed by atoms with Crippen LogP contribution in [0.1, 0.15) is 49.7 Å². The Morgan fingerprint density at radius 2 is 1.00 bits per heavy atom. The van der Waals surface area contributed by atoms with Gasteiger partial charge in [-0.1, -0.05) is 45.9 Å². The third-order valence-electron chi connectivity index (χ3n) is 9.07. The Kier molecular flexibility index (Phi) is 16.4. The Balaban J connectivity index is 0.932. The molecule has 2 fully saturated rings. The Morgan fingerprint density at radius 1 is 0.630 bits per heavy atom.